The second-order valence-electron chi connectivity index (χ2n) is 4.71. The Morgan fingerprint density at radius 2 is 1.94 bits per heavy atom. The van der Waals surface area contributed by atoms with Crippen LogP contribution in [-0.2, 0) is 11.8 Å². The van der Waals surface area contributed by atoms with Crippen molar-refractivity contribution in [1.29, 1.82) is 0 Å². The smallest absolute Gasteiger partial charge is 0.328 e. The van der Waals surface area contributed by atoms with E-state index >= 15 is 0 Å². The Morgan fingerprint density at radius 3 is 2.56 bits per heavy atom. The van der Waals surface area contributed by atoms with Crippen LogP contribution in [0.5, 0.6) is 0 Å². The average molecular weight is 243 g/mol. The molecule has 0 aliphatic rings. The fraction of sp³-hybridized carbons (Fsp3) is 0.267. The van der Waals surface area contributed by atoms with Crippen molar-refractivity contribution in [3.8, 4) is 0 Å². The minimum Gasteiger partial charge on any atom is -0.478 e. The zero-order chi connectivity index (χ0) is 13.4. The molecule has 3 heteroatoms. The number of benzene rings is 1. The van der Waals surface area contributed by atoms with E-state index in [0.717, 1.165) is 22.2 Å². The third-order valence-corrected chi connectivity index (χ3v) is 3.38. The van der Waals surface area contributed by atoms with Crippen LogP contribution in [0.3, 0.4) is 0 Å². The Balaban J connectivity index is 2.81. The topological polar surface area (TPSA) is 42.2 Å². The van der Waals surface area contributed by atoms with Crippen molar-refractivity contribution in [3.05, 3.63) is 40.6 Å². The van der Waals surface area contributed by atoms with Gasteiger partial charge in [0.1, 0.15) is 0 Å². The summed E-state index contributed by atoms with van der Waals surface area (Å²) in [6, 6.07) is 4.26. The van der Waals surface area contributed by atoms with Gasteiger partial charge in [0.05, 0.1) is 0 Å². The SMILES string of the molecule is Cc1cc(C)c2c(/C=C/C(=O)O)c(C)n(C)c2c1. The number of hydrogen-bond acceptors (Lipinski definition) is 1. The lowest BCUT2D eigenvalue weighted by Gasteiger charge is -2.02. The minimum absolute atomic E-state index is 0.920. The summed E-state index contributed by atoms with van der Waals surface area (Å²) in [7, 11) is 2.01. The molecular weight excluding hydrogens is 226 g/mol. The third kappa shape index (κ3) is 1.92. The minimum atomic E-state index is -0.920. The number of hydrogen-bond donors (Lipinski definition) is 1. The number of aryl methyl sites for hydroxylation is 3. The monoisotopic (exact) mass is 243 g/mol. The van der Waals surface area contributed by atoms with Crippen molar-refractivity contribution < 1.29 is 9.90 Å². The highest BCUT2D eigenvalue weighted by Crippen LogP contribution is 2.30. The summed E-state index contributed by atoms with van der Waals surface area (Å²) in [5, 5.41) is 9.90. The molecule has 0 bridgehead atoms. The molecule has 0 radical (unpaired) electrons. The molecule has 1 N–H and O–H groups in total. The first-order valence-corrected chi connectivity index (χ1v) is 5.89. The maximum atomic E-state index is 10.7. The van der Waals surface area contributed by atoms with Gasteiger partial charge < -0.3 is 9.67 Å². The first kappa shape index (κ1) is 12.4. The van der Waals surface area contributed by atoms with Crippen LogP contribution in [0.4, 0.5) is 0 Å². The molecule has 0 spiro atoms. The highest BCUT2D eigenvalue weighted by atomic mass is 16.4. The standard InChI is InChI=1S/C15H17NO2/c1-9-7-10(2)15-12(5-6-14(17)18)11(3)16(4)13(15)8-9/h5-8H,1-4H3,(H,17,18)/b6-5+. The number of carboxylic acid groups (broad SMARTS) is 1. The van der Waals surface area contributed by atoms with E-state index in [-0.39, 0.29) is 0 Å². The average Bonchev–Trinajstić information content (AvgIpc) is 2.51. The normalized spacial score (nSPS) is 11.6. The highest BCUT2D eigenvalue weighted by molar-refractivity contribution is 5.97. The van der Waals surface area contributed by atoms with Crippen LogP contribution < -0.4 is 0 Å². The van der Waals surface area contributed by atoms with Crippen molar-refractivity contribution in [3.63, 3.8) is 0 Å². The van der Waals surface area contributed by atoms with Gasteiger partial charge >= 0.3 is 5.97 Å². The van der Waals surface area contributed by atoms with E-state index in [9.17, 15) is 4.79 Å². The van der Waals surface area contributed by atoms with Crippen LogP contribution in [0.2, 0.25) is 0 Å². The van der Waals surface area contributed by atoms with E-state index in [2.05, 4.69) is 30.5 Å². The lowest BCUT2D eigenvalue weighted by Crippen LogP contribution is -1.91. The van der Waals surface area contributed by atoms with E-state index < -0.39 is 5.97 Å². The number of aromatic nitrogens is 1. The molecule has 1 heterocycles. The van der Waals surface area contributed by atoms with Crippen molar-refractivity contribution >= 4 is 22.9 Å². The molecular formula is C15H17NO2. The lowest BCUT2D eigenvalue weighted by atomic mass is 10.0. The van der Waals surface area contributed by atoms with Crippen molar-refractivity contribution in [1.82, 2.24) is 4.57 Å². The van der Waals surface area contributed by atoms with Crippen LogP contribution in [-0.4, -0.2) is 15.6 Å². The van der Waals surface area contributed by atoms with Gasteiger partial charge in [0.2, 0.25) is 0 Å². The van der Waals surface area contributed by atoms with E-state index in [1.165, 1.54) is 17.2 Å². The molecule has 0 unspecified atom stereocenters. The molecule has 0 saturated heterocycles. The molecule has 2 aromatic rings. The lowest BCUT2D eigenvalue weighted by molar-refractivity contribution is -0.131. The first-order valence-electron chi connectivity index (χ1n) is 5.89. The number of rotatable bonds is 2. The largest absolute Gasteiger partial charge is 0.478 e. The predicted octanol–water partition coefficient (Wildman–Crippen LogP) is 3.20. The molecule has 1 aromatic heterocycles. The molecule has 94 valence electrons. The van der Waals surface area contributed by atoms with Gasteiger partial charge in [-0.25, -0.2) is 4.79 Å². The molecule has 0 saturated carbocycles. The quantitative estimate of drug-likeness (QED) is 0.823. The summed E-state index contributed by atoms with van der Waals surface area (Å²) in [6.07, 6.45) is 2.88. The zero-order valence-corrected chi connectivity index (χ0v) is 11.1. The summed E-state index contributed by atoms with van der Waals surface area (Å²) in [4.78, 5) is 10.7. The summed E-state index contributed by atoms with van der Waals surface area (Å²) in [6.45, 7) is 6.14. The fourth-order valence-corrected chi connectivity index (χ4v) is 2.46. The maximum Gasteiger partial charge on any atom is 0.328 e. The van der Waals surface area contributed by atoms with E-state index in [0.29, 0.717) is 0 Å². The van der Waals surface area contributed by atoms with Crippen LogP contribution >= 0.6 is 0 Å². The molecule has 3 nitrogen and oxygen atoms in total. The van der Waals surface area contributed by atoms with Gasteiger partial charge in [-0.2, -0.15) is 0 Å². The van der Waals surface area contributed by atoms with Crippen LogP contribution in [0.25, 0.3) is 17.0 Å². The van der Waals surface area contributed by atoms with E-state index in [1.54, 1.807) is 6.08 Å². The van der Waals surface area contributed by atoms with Gasteiger partial charge in [0.15, 0.2) is 0 Å². The Kier molecular flexibility index (Phi) is 2.99. The highest BCUT2D eigenvalue weighted by Gasteiger charge is 2.12. The Bertz CT molecular complexity index is 663. The van der Waals surface area contributed by atoms with Gasteiger partial charge in [-0.1, -0.05) is 6.07 Å². The summed E-state index contributed by atoms with van der Waals surface area (Å²) < 4.78 is 2.11. The molecule has 0 aliphatic heterocycles. The molecule has 0 fully saturated rings. The van der Waals surface area contributed by atoms with E-state index in [1.807, 2.05) is 14.0 Å². The summed E-state index contributed by atoms with van der Waals surface area (Å²) in [5.74, 6) is -0.920. The number of carbonyl (C=O) groups is 1. The number of aliphatic carboxylic acids is 1. The van der Waals surface area contributed by atoms with Crippen molar-refractivity contribution in [2.45, 2.75) is 20.8 Å². The van der Waals surface area contributed by atoms with Crippen molar-refractivity contribution in [2.75, 3.05) is 0 Å². The Hall–Kier alpha value is -2.03. The molecule has 0 atom stereocenters. The number of fused-ring (bicyclic) bond motifs is 1. The predicted molar refractivity (Wildman–Crippen MR) is 73.8 cm³/mol. The Labute approximate surface area is 106 Å². The molecule has 0 aliphatic carbocycles. The number of nitrogens with zero attached hydrogens (tertiary/aromatic N) is 1. The van der Waals surface area contributed by atoms with Gasteiger partial charge in [0.25, 0.3) is 0 Å². The van der Waals surface area contributed by atoms with Gasteiger partial charge in [-0.3, -0.25) is 0 Å². The fourth-order valence-electron chi connectivity index (χ4n) is 2.46. The first-order chi connectivity index (χ1) is 8.41. The third-order valence-electron chi connectivity index (χ3n) is 3.38. The molecule has 2 rings (SSSR count). The maximum absolute atomic E-state index is 10.7. The second kappa shape index (κ2) is 4.33. The second-order valence-corrected chi connectivity index (χ2v) is 4.71. The Morgan fingerprint density at radius 1 is 1.28 bits per heavy atom. The number of carboxylic acids is 1. The summed E-state index contributed by atoms with van der Waals surface area (Å²) >= 11 is 0. The molecule has 18 heavy (non-hydrogen) atoms. The molecule has 0 amide bonds. The van der Waals surface area contributed by atoms with E-state index in [4.69, 9.17) is 5.11 Å². The van der Waals surface area contributed by atoms with Crippen LogP contribution in [0.15, 0.2) is 18.2 Å². The van der Waals surface area contributed by atoms with Crippen molar-refractivity contribution in [2.24, 2.45) is 7.05 Å². The zero-order valence-electron chi connectivity index (χ0n) is 11.1. The van der Waals surface area contributed by atoms with Gasteiger partial charge in [-0.15, -0.1) is 0 Å². The van der Waals surface area contributed by atoms with Gasteiger partial charge in [0, 0.05) is 35.3 Å². The van der Waals surface area contributed by atoms with Crippen LogP contribution in [0.1, 0.15) is 22.4 Å². The molecule has 1 aromatic carbocycles. The van der Waals surface area contributed by atoms with Crippen LogP contribution in [0, 0.1) is 20.8 Å². The van der Waals surface area contributed by atoms with Gasteiger partial charge in [-0.05, 0) is 44.0 Å². The summed E-state index contributed by atoms with van der Waals surface area (Å²) in [5.41, 5.74) is 5.62.